The number of hydrogen-bond acceptors (Lipinski definition) is 6. The molecule has 2 aliphatic heterocycles. The maximum Gasteiger partial charge on any atom is 0.247 e. The van der Waals surface area contributed by atoms with Crippen LogP contribution in [0.4, 0.5) is 0 Å². The van der Waals surface area contributed by atoms with Crippen molar-refractivity contribution in [2.45, 2.75) is 39.0 Å². The second-order valence-electron chi connectivity index (χ2n) is 9.55. The lowest BCUT2D eigenvalue weighted by molar-refractivity contribution is -0.140. The summed E-state index contributed by atoms with van der Waals surface area (Å²) in [4.78, 5) is 30.3. The molecule has 0 radical (unpaired) electrons. The van der Waals surface area contributed by atoms with Gasteiger partial charge in [0.15, 0.2) is 11.5 Å². The van der Waals surface area contributed by atoms with E-state index in [1.165, 1.54) is 6.08 Å². The molecule has 0 spiro atoms. The summed E-state index contributed by atoms with van der Waals surface area (Å²) in [7, 11) is 0. The average molecular weight is 517 g/mol. The molecule has 3 aromatic rings. The second-order valence-corrected chi connectivity index (χ2v) is 9.55. The Hall–Kier alpha value is -4.04. The predicted octanol–water partition coefficient (Wildman–Crippen LogP) is 4.57. The van der Waals surface area contributed by atoms with E-state index in [-0.39, 0.29) is 37.8 Å². The summed E-state index contributed by atoms with van der Waals surface area (Å²) in [6.45, 7) is 3.64. The molecule has 2 aliphatic rings. The van der Waals surface area contributed by atoms with Gasteiger partial charge in [0, 0.05) is 25.8 Å². The molecule has 1 fully saturated rings. The molecule has 2 aromatic carbocycles. The van der Waals surface area contributed by atoms with Crippen LogP contribution in [-0.4, -0.2) is 54.2 Å². The summed E-state index contributed by atoms with van der Waals surface area (Å²) in [6, 6.07) is 19.0. The summed E-state index contributed by atoms with van der Waals surface area (Å²) in [5, 5.41) is 0. The van der Waals surface area contributed by atoms with Crippen molar-refractivity contribution in [2.75, 3.05) is 26.5 Å². The zero-order chi connectivity index (χ0) is 26.3. The van der Waals surface area contributed by atoms with Crippen molar-refractivity contribution < 1.29 is 28.2 Å². The second kappa shape index (κ2) is 12.0. The Labute approximate surface area is 222 Å². The molecule has 1 unspecified atom stereocenters. The molecule has 8 nitrogen and oxygen atoms in total. The van der Waals surface area contributed by atoms with Crippen molar-refractivity contribution in [1.29, 1.82) is 0 Å². The van der Waals surface area contributed by atoms with Crippen LogP contribution in [0.15, 0.2) is 71.2 Å². The number of fused-ring (bicyclic) bond motifs is 1. The van der Waals surface area contributed by atoms with Gasteiger partial charge in [-0.05, 0) is 61.2 Å². The molecule has 198 valence electrons. The van der Waals surface area contributed by atoms with E-state index in [1.807, 2.05) is 67.6 Å². The highest BCUT2D eigenvalue weighted by atomic mass is 16.7. The number of nitrogens with zero attached hydrogens (tertiary/aromatic N) is 2. The first kappa shape index (κ1) is 25.6. The van der Waals surface area contributed by atoms with Gasteiger partial charge in [-0.25, -0.2) is 0 Å². The summed E-state index contributed by atoms with van der Waals surface area (Å²) in [6.07, 6.45) is 5.04. The van der Waals surface area contributed by atoms with Gasteiger partial charge in [-0.15, -0.1) is 0 Å². The lowest BCUT2D eigenvalue weighted by Crippen LogP contribution is -2.44. The number of carbonyl (C=O) groups excluding carboxylic acids is 2. The van der Waals surface area contributed by atoms with Crippen molar-refractivity contribution in [3.05, 3.63) is 89.4 Å². The van der Waals surface area contributed by atoms with Crippen molar-refractivity contribution in [2.24, 2.45) is 0 Å². The lowest BCUT2D eigenvalue weighted by atomic mass is 10.1. The van der Waals surface area contributed by atoms with E-state index in [4.69, 9.17) is 18.6 Å². The Morgan fingerprint density at radius 2 is 1.82 bits per heavy atom. The van der Waals surface area contributed by atoms with Gasteiger partial charge in [-0.1, -0.05) is 36.4 Å². The Balaban J connectivity index is 1.34. The van der Waals surface area contributed by atoms with Crippen LogP contribution in [0.1, 0.15) is 35.5 Å². The zero-order valence-electron chi connectivity index (χ0n) is 21.5. The van der Waals surface area contributed by atoms with Crippen molar-refractivity contribution in [1.82, 2.24) is 9.80 Å². The first-order chi connectivity index (χ1) is 18.5. The fraction of sp³-hybridized carbons (Fsp3) is 0.333. The van der Waals surface area contributed by atoms with Crippen molar-refractivity contribution in [3.63, 3.8) is 0 Å². The molecule has 38 heavy (non-hydrogen) atoms. The molecule has 1 atom stereocenters. The van der Waals surface area contributed by atoms with Crippen LogP contribution in [0.3, 0.4) is 0 Å². The highest BCUT2D eigenvalue weighted by molar-refractivity contribution is 5.94. The molecule has 0 aliphatic carbocycles. The van der Waals surface area contributed by atoms with Crippen molar-refractivity contribution in [3.8, 4) is 11.5 Å². The number of aryl methyl sites for hydroxylation is 1. The third-order valence-corrected chi connectivity index (χ3v) is 6.61. The van der Waals surface area contributed by atoms with E-state index in [1.54, 1.807) is 15.9 Å². The van der Waals surface area contributed by atoms with Crippen LogP contribution in [0.25, 0.3) is 6.08 Å². The number of hydrogen-bond donors (Lipinski definition) is 0. The molecular weight excluding hydrogens is 484 g/mol. The predicted molar refractivity (Wildman–Crippen MR) is 141 cm³/mol. The molecular formula is C30H32N2O6. The molecule has 0 saturated carbocycles. The molecule has 3 heterocycles. The van der Waals surface area contributed by atoms with E-state index in [0.717, 1.165) is 29.7 Å². The number of carbonyl (C=O) groups is 2. The van der Waals surface area contributed by atoms with Gasteiger partial charge in [0.1, 0.15) is 18.1 Å². The molecule has 5 rings (SSSR count). The zero-order valence-corrected chi connectivity index (χ0v) is 21.5. The van der Waals surface area contributed by atoms with Gasteiger partial charge in [0.05, 0.1) is 12.6 Å². The Kier molecular flexibility index (Phi) is 8.09. The third kappa shape index (κ3) is 6.63. The molecule has 0 bridgehead atoms. The number of rotatable bonds is 10. The first-order valence-corrected chi connectivity index (χ1v) is 12.9. The maximum atomic E-state index is 13.7. The summed E-state index contributed by atoms with van der Waals surface area (Å²) >= 11 is 0. The highest BCUT2D eigenvalue weighted by Crippen LogP contribution is 2.33. The van der Waals surface area contributed by atoms with Crippen LogP contribution in [0.2, 0.25) is 0 Å². The number of ether oxygens (including phenoxy) is 3. The van der Waals surface area contributed by atoms with Gasteiger partial charge in [0.25, 0.3) is 0 Å². The van der Waals surface area contributed by atoms with Crippen molar-refractivity contribution >= 4 is 17.9 Å². The SMILES string of the molecule is Cc1ccc(CN(Cc2ccc3c(c2)OCO3)C(=O)CN(CC2CCCO2)C(=O)/C=C/c2ccccc2)o1. The monoisotopic (exact) mass is 516 g/mol. The Morgan fingerprint density at radius 3 is 2.58 bits per heavy atom. The summed E-state index contributed by atoms with van der Waals surface area (Å²) in [5.74, 6) is 2.39. The van der Waals surface area contributed by atoms with E-state index in [0.29, 0.717) is 37.0 Å². The molecule has 1 saturated heterocycles. The van der Waals surface area contributed by atoms with Crippen LogP contribution in [0.5, 0.6) is 11.5 Å². The van der Waals surface area contributed by atoms with E-state index >= 15 is 0 Å². The smallest absolute Gasteiger partial charge is 0.247 e. The van der Waals surface area contributed by atoms with Gasteiger partial charge >= 0.3 is 0 Å². The standard InChI is InChI=1S/C30H32N2O6/c1-22-9-12-26(38-22)19-31(17-24-10-13-27-28(16-24)37-21-36-27)30(34)20-32(18-25-8-5-15-35-25)29(33)14-11-23-6-3-2-4-7-23/h2-4,6-7,9-14,16,25H,5,8,15,17-21H2,1H3/b14-11+. The highest BCUT2D eigenvalue weighted by Gasteiger charge is 2.26. The van der Waals surface area contributed by atoms with Crippen LogP contribution in [0, 0.1) is 6.92 Å². The van der Waals surface area contributed by atoms with E-state index in [9.17, 15) is 9.59 Å². The first-order valence-electron chi connectivity index (χ1n) is 12.9. The topological polar surface area (TPSA) is 81.5 Å². The van der Waals surface area contributed by atoms with Crippen LogP contribution in [-0.2, 0) is 27.4 Å². The van der Waals surface area contributed by atoms with Crippen LogP contribution < -0.4 is 9.47 Å². The minimum Gasteiger partial charge on any atom is -0.464 e. The minimum absolute atomic E-state index is 0.0674. The summed E-state index contributed by atoms with van der Waals surface area (Å²) < 4.78 is 22.5. The fourth-order valence-electron chi connectivity index (χ4n) is 4.62. The fourth-order valence-corrected chi connectivity index (χ4v) is 4.62. The number of benzene rings is 2. The summed E-state index contributed by atoms with van der Waals surface area (Å²) in [5.41, 5.74) is 1.81. The maximum absolute atomic E-state index is 13.7. The largest absolute Gasteiger partial charge is 0.464 e. The Bertz CT molecular complexity index is 1280. The normalized spacial score (nSPS) is 16.2. The Morgan fingerprint density at radius 1 is 0.974 bits per heavy atom. The van der Waals surface area contributed by atoms with Crippen LogP contribution >= 0.6 is 0 Å². The minimum atomic E-state index is -0.227. The number of amides is 2. The molecule has 8 heteroatoms. The average Bonchev–Trinajstić information content (AvgIpc) is 3.69. The van der Waals surface area contributed by atoms with E-state index in [2.05, 4.69) is 0 Å². The van der Waals surface area contributed by atoms with Gasteiger partial charge < -0.3 is 28.4 Å². The third-order valence-electron chi connectivity index (χ3n) is 6.61. The molecule has 1 aromatic heterocycles. The molecule has 2 amide bonds. The van der Waals surface area contributed by atoms with Gasteiger partial charge in [0.2, 0.25) is 18.6 Å². The van der Waals surface area contributed by atoms with Gasteiger partial charge in [-0.2, -0.15) is 0 Å². The quantitative estimate of drug-likeness (QED) is 0.368. The van der Waals surface area contributed by atoms with Gasteiger partial charge in [-0.3, -0.25) is 9.59 Å². The lowest BCUT2D eigenvalue weighted by Gasteiger charge is -2.28. The number of furan rings is 1. The van der Waals surface area contributed by atoms with E-state index < -0.39 is 0 Å². The molecule has 0 N–H and O–H groups in total.